The average Bonchev–Trinajstić information content (AvgIpc) is 3.62. The van der Waals surface area contributed by atoms with Gasteiger partial charge in [0, 0.05) is 11.1 Å². The molecule has 0 aliphatic carbocycles. The summed E-state index contributed by atoms with van der Waals surface area (Å²) in [6.07, 6.45) is 0. The summed E-state index contributed by atoms with van der Waals surface area (Å²) in [5, 5.41) is 0. The maximum atomic E-state index is 4.66. The first-order valence-electron chi connectivity index (χ1n) is 10.6. The standard InChI is InChI=1S/C14H12N4S.C10H6N4S2/c1-5-6-10-13-11(15-8(3)9(4)16-13)7(2)12-14(10)18-19-17-12;1-3-4-6-9-7(11-15-13-9)5(2)8-10(6)14-16-12-8/h1-4H3;1-2H3. The van der Waals surface area contributed by atoms with E-state index in [4.69, 9.17) is 0 Å². The highest BCUT2D eigenvalue weighted by Gasteiger charge is 2.20. The van der Waals surface area contributed by atoms with Gasteiger partial charge in [-0.15, -0.1) is 11.8 Å². The Morgan fingerprint density at radius 1 is 0.543 bits per heavy atom. The van der Waals surface area contributed by atoms with Crippen molar-refractivity contribution >= 4 is 79.3 Å². The first kappa shape index (κ1) is 23.1. The molecule has 0 N–H and O–H groups in total. The van der Waals surface area contributed by atoms with E-state index in [1.54, 1.807) is 6.92 Å². The van der Waals surface area contributed by atoms with Crippen molar-refractivity contribution in [2.75, 3.05) is 0 Å². The summed E-state index contributed by atoms with van der Waals surface area (Å²) in [7, 11) is 0. The van der Waals surface area contributed by atoms with Gasteiger partial charge >= 0.3 is 0 Å². The molecule has 5 aromatic rings. The largest absolute Gasteiger partial charge is 0.249 e. The van der Waals surface area contributed by atoms with Crippen LogP contribution in [0.2, 0.25) is 0 Å². The van der Waals surface area contributed by atoms with Crippen LogP contribution < -0.4 is 0 Å². The predicted octanol–water partition coefficient (Wildman–Crippen LogP) is 6.03. The predicted molar refractivity (Wildman–Crippen MR) is 144 cm³/mol. The zero-order valence-corrected chi connectivity index (χ0v) is 22.3. The molecule has 0 radical (unpaired) electrons. The fraction of sp³-hybridized carbons (Fsp3) is 0.250. The molecule has 0 unspecified atom stereocenters. The second-order valence-electron chi connectivity index (χ2n) is 7.73. The normalized spacial score (nSPS) is 11.4. The number of aromatic nitrogens is 6. The molecule has 0 amide bonds. The molecular weight excluding hydrogens is 497 g/mol. The van der Waals surface area contributed by atoms with Gasteiger partial charge in [0.2, 0.25) is 0 Å². The number of hydrogen-bond donors (Lipinski definition) is 0. The summed E-state index contributed by atoms with van der Waals surface area (Å²) in [6, 6.07) is 0. The SMILES string of the molecule is CC#Cc1c2c(c(C)c3nsnc13)N=S=N2.CC#Cc1c2nsnc2c(C)c2nc(C)c(C)nc12. The van der Waals surface area contributed by atoms with Crippen LogP contribution in [0, 0.1) is 51.4 Å². The Kier molecular flexibility index (Phi) is 6.07. The highest BCUT2D eigenvalue weighted by molar-refractivity contribution is 7.58. The molecule has 0 saturated heterocycles. The van der Waals surface area contributed by atoms with Gasteiger partial charge < -0.3 is 0 Å². The number of rotatable bonds is 0. The quantitative estimate of drug-likeness (QED) is 0.229. The zero-order valence-electron chi connectivity index (χ0n) is 19.8. The van der Waals surface area contributed by atoms with Crippen LogP contribution in [0.1, 0.15) is 47.5 Å². The second kappa shape index (κ2) is 9.19. The van der Waals surface area contributed by atoms with E-state index in [1.807, 2.05) is 34.6 Å². The molecule has 1 aliphatic rings. The summed E-state index contributed by atoms with van der Waals surface area (Å²) >= 11 is 3.61. The van der Waals surface area contributed by atoms with Gasteiger partial charge in [-0.3, -0.25) is 0 Å². The van der Waals surface area contributed by atoms with Gasteiger partial charge in [0.25, 0.3) is 0 Å². The van der Waals surface area contributed by atoms with E-state index >= 15 is 0 Å². The van der Waals surface area contributed by atoms with Crippen molar-refractivity contribution in [1.82, 2.24) is 27.5 Å². The molecule has 2 aromatic carbocycles. The molecule has 0 saturated carbocycles. The molecule has 1 aliphatic heterocycles. The summed E-state index contributed by atoms with van der Waals surface area (Å²) in [5.74, 6) is 12.0. The molecule has 4 heterocycles. The van der Waals surface area contributed by atoms with Crippen molar-refractivity contribution in [3.8, 4) is 23.7 Å². The van der Waals surface area contributed by atoms with Gasteiger partial charge in [-0.05, 0) is 41.5 Å². The van der Waals surface area contributed by atoms with E-state index in [-0.39, 0.29) is 0 Å². The fourth-order valence-electron chi connectivity index (χ4n) is 3.77. The van der Waals surface area contributed by atoms with Crippen molar-refractivity contribution < 1.29 is 0 Å². The highest BCUT2D eigenvalue weighted by Crippen LogP contribution is 2.42. The first-order chi connectivity index (χ1) is 17.0. The van der Waals surface area contributed by atoms with Gasteiger partial charge in [0.15, 0.2) is 0 Å². The Morgan fingerprint density at radius 3 is 1.71 bits per heavy atom. The minimum atomic E-state index is 0.829. The zero-order chi connectivity index (χ0) is 24.7. The lowest BCUT2D eigenvalue weighted by Gasteiger charge is -2.07. The Morgan fingerprint density at radius 2 is 1.06 bits per heavy atom. The van der Waals surface area contributed by atoms with Crippen LogP contribution in [-0.4, -0.2) is 27.5 Å². The molecule has 0 bridgehead atoms. The molecule has 172 valence electrons. The number of aryl methyl sites for hydroxylation is 4. The van der Waals surface area contributed by atoms with Crippen LogP contribution in [0.25, 0.3) is 33.1 Å². The molecule has 11 heteroatoms. The second-order valence-corrected chi connectivity index (χ2v) is 9.31. The summed E-state index contributed by atoms with van der Waals surface area (Å²) in [4.78, 5) is 9.31. The molecule has 8 nitrogen and oxygen atoms in total. The van der Waals surface area contributed by atoms with Crippen LogP contribution >= 0.6 is 23.5 Å². The Hall–Kier alpha value is -3.64. The van der Waals surface area contributed by atoms with Crippen molar-refractivity contribution in [3.05, 3.63) is 33.6 Å². The molecule has 0 fully saturated rings. The van der Waals surface area contributed by atoms with Crippen LogP contribution in [-0.2, 0) is 11.4 Å². The Balaban J connectivity index is 0.000000147. The third-order valence-electron chi connectivity index (χ3n) is 5.64. The third-order valence-corrected chi connectivity index (χ3v) is 7.23. The van der Waals surface area contributed by atoms with Crippen LogP contribution in [0.5, 0.6) is 0 Å². The lowest BCUT2D eigenvalue weighted by molar-refractivity contribution is 1.10. The van der Waals surface area contributed by atoms with Crippen molar-refractivity contribution in [3.63, 3.8) is 0 Å². The maximum absolute atomic E-state index is 4.66. The van der Waals surface area contributed by atoms with Gasteiger partial charge in [0.1, 0.15) is 39.0 Å². The van der Waals surface area contributed by atoms with E-state index in [9.17, 15) is 0 Å². The highest BCUT2D eigenvalue weighted by atomic mass is 32.1. The Labute approximate surface area is 213 Å². The minimum absolute atomic E-state index is 0.829. The maximum Gasteiger partial charge on any atom is 0.123 e. The summed E-state index contributed by atoms with van der Waals surface area (Å²) in [5.41, 5.74) is 12.5. The van der Waals surface area contributed by atoms with E-state index in [1.165, 1.54) is 34.8 Å². The van der Waals surface area contributed by atoms with Crippen LogP contribution in [0.15, 0.2) is 8.73 Å². The molecular formula is C24H18N8S3. The number of benzene rings is 2. The lowest BCUT2D eigenvalue weighted by Crippen LogP contribution is -1.99. The van der Waals surface area contributed by atoms with Gasteiger partial charge in [-0.1, -0.05) is 11.8 Å². The Bertz CT molecular complexity index is 1870. The van der Waals surface area contributed by atoms with Gasteiger partial charge in [-0.2, -0.15) is 26.2 Å². The fourth-order valence-corrected chi connectivity index (χ4v) is 5.59. The summed E-state index contributed by atoms with van der Waals surface area (Å²) in [6.45, 7) is 11.6. The monoisotopic (exact) mass is 514 g/mol. The van der Waals surface area contributed by atoms with Gasteiger partial charge in [0.05, 0.1) is 62.8 Å². The molecule has 0 atom stereocenters. The molecule has 6 rings (SSSR count). The third kappa shape index (κ3) is 3.78. The van der Waals surface area contributed by atoms with Crippen molar-refractivity contribution in [2.24, 2.45) is 8.73 Å². The smallest absolute Gasteiger partial charge is 0.123 e. The van der Waals surface area contributed by atoms with E-state index in [0.29, 0.717) is 0 Å². The summed E-state index contributed by atoms with van der Waals surface area (Å²) < 4.78 is 25.9. The average molecular weight is 515 g/mol. The van der Waals surface area contributed by atoms with Crippen LogP contribution in [0.4, 0.5) is 11.4 Å². The number of hydrogen-bond acceptors (Lipinski definition) is 10. The molecule has 3 aromatic heterocycles. The molecule has 0 spiro atoms. The lowest BCUT2D eigenvalue weighted by atomic mass is 10.0. The minimum Gasteiger partial charge on any atom is -0.249 e. The van der Waals surface area contributed by atoms with Gasteiger partial charge in [-0.25, -0.2) is 9.97 Å². The number of nitrogens with zero attached hydrogens (tertiary/aromatic N) is 8. The topological polar surface area (TPSA) is 102 Å². The van der Waals surface area contributed by atoms with E-state index in [0.717, 1.165) is 78.1 Å². The van der Waals surface area contributed by atoms with Crippen LogP contribution in [0.3, 0.4) is 0 Å². The first-order valence-corrected chi connectivity index (χ1v) is 12.8. The van der Waals surface area contributed by atoms with Crippen molar-refractivity contribution in [2.45, 2.75) is 41.5 Å². The molecule has 35 heavy (non-hydrogen) atoms. The number of fused-ring (bicyclic) bond motifs is 4. The van der Waals surface area contributed by atoms with Crippen molar-refractivity contribution in [1.29, 1.82) is 0 Å². The van der Waals surface area contributed by atoms with E-state index < -0.39 is 0 Å². The van der Waals surface area contributed by atoms with E-state index in [2.05, 4.69) is 59.9 Å².